The maximum atomic E-state index is 6.71. The Bertz CT molecular complexity index is 714. The normalized spacial score (nSPS) is 12.5. The molecular weight excluding hydrogens is 304 g/mol. The van der Waals surface area contributed by atoms with Gasteiger partial charge in [0.2, 0.25) is 0 Å². The van der Waals surface area contributed by atoms with Gasteiger partial charge in [-0.2, -0.15) is 0 Å². The fourth-order valence-corrected chi connectivity index (χ4v) is 3.13. The molecule has 0 aliphatic rings. The van der Waals surface area contributed by atoms with E-state index in [-0.39, 0.29) is 0 Å². The molecule has 2 aromatic rings. The Morgan fingerprint density at radius 1 is 0.600 bits per heavy atom. The summed E-state index contributed by atoms with van der Waals surface area (Å²) in [4.78, 5) is 0. The zero-order valence-electron chi connectivity index (χ0n) is 16.9. The summed E-state index contributed by atoms with van der Waals surface area (Å²) in [6, 6.07) is 13.1. The van der Waals surface area contributed by atoms with Crippen LogP contribution in [0, 0.1) is 6.92 Å². The molecule has 4 N–H and O–H groups in total. The van der Waals surface area contributed by atoms with Gasteiger partial charge in [-0.25, -0.2) is 0 Å². The van der Waals surface area contributed by atoms with Gasteiger partial charge in [0.1, 0.15) is 5.66 Å². The van der Waals surface area contributed by atoms with E-state index >= 15 is 0 Å². The lowest BCUT2D eigenvalue weighted by Gasteiger charge is -2.29. The highest BCUT2D eigenvalue weighted by Crippen LogP contribution is 2.31. The van der Waals surface area contributed by atoms with Crippen molar-refractivity contribution in [3.8, 4) is 0 Å². The second kappa shape index (κ2) is 7.31. The van der Waals surface area contributed by atoms with E-state index in [4.69, 9.17) is 11.5 Å². The molecule has 2 nitrogen and oxygen atoms in total. The lowest BCUT2D eigenvalue weighted by molar-refractivity contribution is 0.562. The van der Waals surface area contributed by atoms with Crippen molar-refractivity contribution in [1.29, 1.82) is 0 Å². The van der Waals surface area contributed by atoms with Gasteiger partial charge in [-0.3, -0.25) is 0 Å². The van der Waals surface area contributed by atoms with Crippen LogP contribution in [0.4, 0.5) is 0 Å². The van der Waals surface area contributed by atoms with Crippen LogP contribution in [0.2, 0.25) is 0 Å². The third-order valence-electron chi connectivity index (χ3n) is 5.03. The summed E-state index contributed by atoms with van der Waals surface area (Å²) < 4.78 is 0. The largest absolute Gasteiger partial charge is 0.306 e. The minimum atomic E-state index is -0.996. The Kier molecular flexibility index (Phi) is 5.75. The average Bonchev–Trinajstić information content (AvgIpc) is 2.53. The van der Waals surface area contributed by atoms with E-state index in [0.29, 0.717) is 17.8 Å². The molecule has 2 aromatic carbocycles. The summed E-state index contributed by atoms with van der Waals surface area (Å²) in [5, 5.41) is 0. The third kappa shape index (κ3) is 4.31. The molecule has 0 aliphatic heterocycles. The zero-order valence-corrected chi connectivity index (χ0v) is 16.9. The summed E-state index contributed by atoms with van der Waals surface area (Å²) in [6.45, 7) is 15.3. The van der Waals surface area contributed by atoms with E-state index in [1.54, 1.807) is 0 Å². The molecule has 25 heavy (non-hydrogen) atoms. The second-order valence-electron chi connectivity index (χ2n) is 8.35. The van der Waals surface area contributed by atoms with Crippen molar-refractivity contribution < 1.29 is 0 Å². The molecular formula is C23H34N2. The quantitative estimate of drug-likeness (QED) is 0.709. The van der Waals surface area contributed by atoms with Gasteiger partial charge in [-0.15, -0.1) is 0 Å². The van der Waals surface area contributed by atoms with Crippen LogP contribution in [0.25, 0.3) is 0 Å². The molecule has 0 saturated heterocycles. The number of aryl methyl sites for hydroxylation is 1. The first-order valence-electron chi connectivity index (χ1n) is 9.37. The lowest BCUT2D eigenvalue weighted by Crippen LogP contribution is -2.47. The van der Waals surface area contributed by atoms with Crippen LogP contribution in [0.15, 0.2) is 36.4 Å². The van der Waals surface area contributed by atoms with Crippen molar-refractivity contribution in [2.75, 3.05) is 0 Å². The molecule has 0 saturated carbocycles. The Balaban J connectivity index is 2.63. The van der Waals surface area contributed by atoms with Gasteiger partial charge < -0.3 is 11.5 Å². The van der Waals surface area contributed by atoms with Crippen LogP contribution in [0.5, 0.6) is 0 Å². The summed E-state index contributed by atoms with van der Waals surface area (Å²) >= 11 is 0. The van der Waals surface area contributed by atoms with E-state index in [9.17, 15) is 0 Å². The van der Waals surface area contributed by atoms with E-state index in [2.05, 4.69) is 84.9 Å². The Hall–Kier alpha value is -1.64. The van der Waals surface area contributed by atoms with E-state index < -0.39 is 5.66 Å². The maximum Gasteiger partial charge on any atom is 0.116 e. The predicted molar refractivity (Wildman–Crippen MR) is 109 cm³/mol. The fraction of sp³-hybridized carbons (Fsp3) is 0.478. The molecule has 2 heteroatoms. The van der Waals surface area contributed by atoms with Crippen LogP contribution >= 0.6 is 0 Å². The topological polar surface area (TPSA) is 52.0 Å². The zero-order chi connectivity index (χ0) is 18.9. The molecule has 136 valence electrons. The minimum Gasteiger partial charge on any atom is -0.306 e. The van der Waals surface area contributed by atoms with Crippen molar-refractivity contribution in [3.63, 3.8) is 0 Å². The molecule has 0 aromatic heterocycles. The second-order valence-corrected chi connectivity index (χ2v) is 8.35. The Morgan fingerprint density at radius 3 is 1.36 bits per heavy atom. The molecule has 0 aliphatic carbocycles. The monoisotopic (exact) mass is 338 g/mol. The van der Waals surface area contributed by atoms with E-state index in [1.807, 2.05) is 0 Å². The van der Waals surface area contributed by atoms with Crippen LogP contribution in [-0.2, 0) is 5.66 Å². The third-order valence-corrected chi connectivity index (χ3v) is 5.03. The number of benzene rings is 2. The number of rotatable bonds is 5. The first kappa shape index (κ1) is 19.7. The van der Waals surface area contributed by atoms with Crippen molar-refractivity contribution in [3.05, 3.63) is 69.8 Å². The van der Waals surface area contributed by atoms with Crippen LogP contribution < -0.4 is 11.5 Å². The summed E-state index contributed by atoms with van der Waals surface area (Å²) in [6.07, 6.45) is 0. The molecule has 0 fully saturated rings. The number of hydrogen-bond acceptors (Lipinski definition) is 2. The SMILES string of the molecule is Cc1cc(C(C)C)cc(C(N)(N)c2cc(C(C)C)cc(C(C)C)c2)c1. The molecule has 0 amide bonds. The molecule has 0 heterocycles. The summed E-state index contributed by atoms with van der Waals surface area (Å²) in [7, 11) is 0. The first-order valence-corrected chi connectivity index (χ1v) is 9.37. The van der Waals surface area contributed by atoms with Gasteiger partial charge in [-0.1, -0.05) is 83.5 Å². The standard InChI is InChI=1S/C23H34N2/c1-14(2)18-8-17(7)9-21(11-18)23(24,25)22-12-19(15(3)4)10-20(13-22)16(5)6/h8-16H,24-25H2,1-7H3. The molecule has 0 radical (unpaired) electrons. The van der Waals surface area contributed by atoms with Gasteiger partial charge in [0.15, 0.2) is 0 Å². The van der Waals surface area contributed by atoms with Gasteiger partial charge in [0.05, 0.1) is 0 Å². The Morgan fingerprint density at radius 2 is 0.960 bits per heavy atom. The maximum absolute atomic E-state index is 6.71. The smallest absolute Gasteiger partial charge is 0.116 e. The van der Waals surface area contributed by atoms with Crippen LogP contribution in [-0.4, -0.2) is 0 Å². The Labute approximate surface area is 153 Å². The van der Waals surface area contributed by atoms with Gasteiger partial charge in [0, 0.05) is 0 Å². The molecule has 0 unspecified atom stereocenters. The summed E-state index contributed by atoms with van der Waals surface area (Å²) in [5.41, 5.74) is 19.5. The highest BCUT2D eigenvalue weighted by atomic mass is 15.0. The fourth-order valence-electron chi connectivity index (χ4n) is 3.13. The number of nitrogens with two attached hydrogens (primary N) is 2. The highest BCUT2D eigenvalue weighted by Gasteiger charge is 2.27. The van der Waals surface area contributed by atoms with Gasteiger partial charge >= 0.3 is 0 Å². The average molecular weight is 339 g/mol. The van der Waals surface area contributed by atoms with Gasteiger partial charge in [-0.05, 0) is 52.5 Å². The van der Waals surface area contributed by atoms with Crippen LogP contribution in [0.1, 0.15) is 92.7 Å². The van der Waals surface area contributed by atoms with Gasteiger partial charge in [0.25, 0.3) is 0 Å². The number of hydrogen-bond donors (Lipinski definition) is 2. The summed E-state index contributed by atoms with van der Waals surface area (Å²) in [5.74, 6) is 1.33. The van der Waals surface area contributed by atoms with Crippen LogP contribution in [0.3, 0.4) is 0 Å². The highest BCUT2D eigenvalue weighted by molar-refractivity contribution is 5.45. The van der Waals surface area contributed by atoms with E-state index in [1.165, 1.54) is 22.3 Å². The van der Waals surface area contributed by atoms with Crippen molar-refractivity contribution >= 4 is 0 Å². The van der Waals surface area contributed by atoms with Crippen molar-refractivity contribution in [1.82, 2.24) is 0 Å². The lowest BCUT2D eigenvalue weighted by atomic mass is 9.84. The predicted octanol–water partition coefficient (Wildman–Crippen LogP) is 5.48. The van der Waals surface area contributed by atoms with Crippen molar-refractivity contribution in [2.24, 2.45) is 11.5 Å². The molecule has 0 spiro atoms. The molecule has 2 rings (SSSR count). The first-order chi connectivity index (χ1) is 11.5. The van der Waals surface area contributed by atoms with E-state index in [0.717, 1.165) is 11.1 Å². The molecule has 0 atom stereocenters. The molecule has 0 bridgehead atoms. The minimum absolute atomic E-state index is 0.442. The van der Waals surface area contributed by atoms with Crippen molar-refractivity contribution in [2.45, 2.75) is 71.9 Å².